The lowest BCUT2D eigenvalue weighted by atomic mass is 10.1. The van der Waals surface area contributed by atoms with E-state index in [2.05, 4.69) is 5.32 Å². The van der Waals surface area contributed by atoms with E-state index >= 15 is 0 Å². The van der Waals surface area contributed by atoms with Crippen LogP contribution in [0, 0.1) is 0 Å². The highest BCUT2D eigenvalue weighted by molar-refractivity contribution is 6.45. The summed E-state index contributed by atoms with van der Waals surface area (Å²) in [5, 5.41) is 3.04. The summed E-state index contributed by atoms with van der Waals surface area (Å²) in [5.41, 5.74) is 7.24. The summed E-state index contributed by atoms with van der Waals surface area (Å²) in [4.78, 5) is 35.2. The maximum atomic E-state index is 11.8. The lowest BCUT2D eigenvalue weighted by Crippen LogP contribution is -2.42. The van der Waals surface area contributed by atoms with Crippen molar-refractivity contribution >= 4 is 23.4 Å². The number of amides is 3. The molecule has 3 N–H and O–H groups in total. The number of fused-ring (bicyclic) bond motifs is 1. The minimum atomic E-state index is -1.12. The van der Waals surface area contributed by atoms with Crippen LogP contribution in [0.25, 0.3) is 0 Å². The normalized spacial score (nSPS) is 13.5. The van der Waals surface area contributed by atoms with E-state index in [9.17, 15) is 14.4 Å². The van der Waals surface area contributed by atoms with Gasteiger partial charge >= 0.3 is 11.8 Å². The average Bonchev–Trinajstić information content (AvgIpc) is 2.70. The molecule has 0 aliphatic carbocycles. The van der Waals surface area contributed by atoms with Crippen molar-refractivity contribution in [2.45, 2.75) is 12.8 Å². The number of nitrogens with two attached hydrogens (primary N) is 1. The maximum absolute atomic E-state index is 11.8. The van der Waals surface area contributed by atoms with Crippen LogP contribution in [0.5, 0.6) is 0 Å². The lowest BCUT2D eigenvalue weighted by molar-refractivity contribution is -0.137. The van der Waals surface area contributed by atoms with Gasteiger partial charge in [-0.15, -0.1) is 0 Å². The predicted octanol–water partition coefficient (Wildman–Crippen LogP) is -0.650. The number of hydrogen-bond acceptors (Lipinski definition) is 4. The van der Waals surface area contributed by atoms with Crippen LogP contribution < -0.4 is 16.0 Å². The molecule has 0 bridgehead atoms. The van der Waals surface area contributed by atoms with Crippen LogP contribution in [0.4, 0.5) is 5.69 Å². The van der Waals surface area contributed by atoms with Crippen molar-refractivity contribution in [3.63, 3.8) is 0 Å². The number of likely N-dealkylation sites (N-methyl/N-ethyl adjacent to an activating group) is 1. The zero-order valence-electron chi connectivity index (χ0n) is 10.6. The van der Waals surface area contributed by atoms with Gasteiger partial charge in [-0.2, -0.15) is 0 Å². The number of rotatable bonds is 3. The Morgan fingerprint density at radius 3 is 2.79 bits per heavy atom. The Morgan fingerprint density at radius 1 is 1.42 bits per heavy atom. The number of primary amides is 1. The Labute approximate surface area is 110 Å². The van der Waals surface area contributed by atoms with Crippen LogP contribution in [0.3, 0.4) is 0 Å². The van der Waals surface area contributed by atoms with E-state index in [1.807, 2.05) is 19.2 Å². The van der Waals surface area contributed by atoms with Crippen LogP contribution in [0.2, 0.25) is 0 Å². The summed E-state index contributed by atoms with van der Waals surface area (Å²) in [6, 6.07) is 5.42. The summed E-state index contributed by atoms with van der Waals surface area (Å²) < 4.78 is 0. The van der Waals surface area contributed by atoms with Gasteiger partial charge in [-0.1, -0.05) is 12.1 Å². The fourth-order valence-corrected chi connectivity index (χ4v) is 2.13. The van der Waals surface area contributed by atoms with E-state index < -0.39 is 17.7 Å². The Balaban J connectivity index is 2.30. The van der Waals surface area contributed by atoms with E-state index in [4.69, 9.17) is 5.73 Å². The van der Waals surface area contributed by atoms with Gasteiger partial charge in [0, 0.05) is 0 Å². The van der Waals surface area contributed by atoms with Crippen molar-refractivity contribution in [2.24, 2.45) is 5.73 Å². The molecule has 0 aromatic heterocycles. The summed E-state index contributed by atoms with van der Waals surface area (Å²) >= 11 is 0. The Hall–Kier alpha value is -2.21. The van der Waals surface area contributed by atoms with E-state index in [-0.39, 0.29) is 6.42 Å². The molecule has 1 aliphatic rings. The van der Waals surface area contributed by atoms with E-state index in [1.54, 1.807) is 6.07 Å². The smallest absolute Gasteiger partial charge is 0.322 e. The Kier molecular flexibility index (Phi) is 3.62. The van der Waals surface area contributed by atoms with Gasteiger partial charge in [-0.05, 0) is 37.2 Å². The standard InChI is InChI=1S/C13H15N3O3/c1-15-5-4-8-2-3-10-9(6-8)7-11(17)16(10)13(19)12(14)18/h2-3,6,15H,4-5,7H2,1H3,(H2,14,18). The van der Waals surface area contributed by atoms with Crippen molar-refractivity contribution in [2.75, 3.05) is 18.5 Å². The van der Waals surface area contributed by atoms with E-state index in [1.165, 1.54) is 0 Å². The molecule has 0 saturated carbocycles. The van der Waals surface area contributed by atoms with Crippen molar-refractivity contribution in [3.05, 3.63) is 29.3 Å². The molecule has 1 aliphatic heterocycles. The Bertz CT molecular complexity index is 554. The number of nitrogens with zero attached hydrogens (tertiary/aromatic N) is 1. The number of imide groups is 1. The van der Waals surface area contributed by atoms with Gasteiger partial charge in [0.2, 0.25) is 5.91 Å². The Morgan fingerprint density at radius 2 is 2.16 bits per heavy atom. The lowest BCUT2D eigenvalue weighted by Gasteiger charge is -2.13. The molecule has 1 aromatic carbocycles. The minimum Gasteiger partial charge on any atom is -0.361 e. The molecule has 6 nitrogen and oxygen atoms in total. The van der Waals surface area contributed by atoms with Crippen LogP contribution in [-0.2, 0) is 27.2 Å². The molecule has 6 heteroatoms. The summed E-state index contributed by atoms with van der Waals surface area (Å²) in [5.74, 6) is -2.52. The molecule has 0 atom stereocenters. The highest BCUT2D eigenvalue weighted by atomic mass is 16.2. The third-order valence-corrected chi connectivity index (χ3v) is 3.05. The average molecular weight is 261 g/mol. The molecule has 0 saturated heterocycles. The monoisotopic (exact) mass is 261 g/mol. The maximum Gasteiger partial charge on any atom is 0.322 e. The minimum absolute atomic E-state index is 0.127. The van der Waals surface area contributed by atoms with Crippen molar-refractivity contribution in [1.29, 1.82) is 0 Å². The first-order valence-corrected chi connectivity index (χ1v) is 5.97. The van der Waals surface area contributed by atoms with Crippen molar-refractivity contribution in [1.82, 2.24) is 5.32 Å². The van der Waals surface area contributed by atoms with Gasteiger partial charge in [-0.25, -0.2) is 4.90 Å². The summed E-state index contributed by atoms with van der Waals surface area (Å²) in [6.45, 7) is 0.830. The molecule has 0 fully saturated rings. The van der Waals surface area contributed by atoms with Crippen LogP contribution in [-0.4, -0.2) is 31.3 Å². The van der Waals surface area contributed by atoms with Gasteiger partial charge < -0.3 is 11.1 Å². The number of carbonyl (C=O) groups excluding carboxylic acids is 3. The zero-order valence-corrected chi connectivity index (χ0v) is 10.6. The number of anilines is 1. The van der Waals surface area contributed by atoms with Gasteiger partial charge in [-0.3, -0.25) is 14.4 Å². The van der Waals surface area contributed by atoms with Gasteiger partial charge in [0.25, 0.3) is 0 Å². The number of carbonyl (C=O) groups is 3. The van der Waals surface area contributed by atoms with Gasteiger partial charge in [0.15, 0.2) is 0 Å². The zero-order chi connectivity index (χ0) is 14.0. The second-order valence-corrected chi connectivity index (χ2v) is 4.39. The topological polar surface area (TPSA) is 92.5 Å². The van der Waals surface area contributed by atoms with Crippen molar-refractivity contribution < 1.29 is 14.4 Å². The van der Waals surface area contributed by atoms with Crippen LogP contribution >= 0.6 is 0 Å². The van der Waals surface area contributed by atoms with Gasteiger partial charge in [0.05, 0.1) is 12.1 Å². The van der Waals surface area contributed by atoms with Crippen LogP contribution in [0.15, 0.2) is 18.2 Å². The molecular weight excluding hydrogens is 246 g/mol. The first-order chi connectivity index (χ1) is 9.04. The molecule has 0 spiro atoms. The quantitative estimate of drug-likeness (QED) is 0.707. The fourth-order valence-electron chi connectivity index (χ4n) is 2.13. The third-order valence-electron chi connectivity index (χ3n) is 3.05. The van der Waals surface area contributed by atoms with Crippen molar-refractivity contribution in [3.8, 4) is 0 Å². The number of benzene rings is 1. The van der Waals surface area contributed by atoms with Gasteiger partial charge in [0.1, 0.15) is 0 Å². The molecule has 3 amide bonds. The second kappa shape index (κ2) is 5.19. The molecular formula is C13H15N3O3. The second-order valence-electron chi connectivity index (χ2n) is 4.39. The molecule has 19 heavy (non-hydrogen) atoms. The molecule has 1 aromatic rings. The van der Waals surface area contributed by atoms with E-state index in [0.29, 0.717) is 5.69 Å². The highest BCUT2D eigenvalue weighted by Crippen LogP contribution is 2.29. The largest absolute Gasteiger partial charge is 0.361 e. The fraction of sp³-hybridized carbons (Fsp3) is 0.308. The molecule has 100 valence electrons. The van der Waals surface area contributed by atoms with Crippen LogP contribution in [0.1, 0.15) is 11.1 Å². The predicted molar refractivity (Wildman–Crippen MR) is 69.5 cm³/mol. The number of nitrogens with one attached hydrogen (secondary N) is 1. The molecule has 1 heterocycles. The molecule has 2 rings (SSSR count). The molecule has 0 radical (unpaired) electrons. The SMILES string of the molecule is CNCCc1ccc2c(c1)CC(=O)N2C(=O)C(N)=O. The first-order valence-electron chi connectivity index (χ1n) is 5.97. The number of hydrogen-bond donors (Lipinski definition) is 2. The molecule has 0 unspecified atom stereocenters. The van der Waals surface area contributed by atoms with E-state index in [0.717, 1.165) is 29.0 Å². The first kappa shape index (κ1) is 13.2. The third kappa shape index (κ3) is 2.48. The highest BCUT2D eigenvalue weighted by Gasteiger charge is 2.34. The summed E-state index contributed by atoms with van der Waals surface area (Å²) in [7, 11) is 1.87. The summed E-state index contributed by atoms with van der Waals surface area (Å²) in [6.07, 6.45) is 0.962.